The van der Waals surface area contributed by atoms with Gasteiger partial charge in [-0.3, -0.25) is 4.79 Å². The second-order valence-electron chi connectivity index (χ2n) is 3.35. The standard InChI is InChI=1S/C9H8Cl2N2O/c10-8(14)7-4-6(5-2-1-3-5)12-9(11)13-7/h4-5H,1-3H2. The lowest BCUT2D eigenvalue weighted by Crippen LogP contribution is -2.12. The van der Waals surface area contributed by atoms with Crippen LogP contribution in [0, 0.1) is 0 Å². The molecule has 0 N–H and O–H groups in total. The normalized spacial score (nSPS) is 16.4. The van der Waals surface area contributed by atoms with Crippen molar-refractivity contribution in [3.63, 3.8) is 0 Å². The molecule has 2 rings (SSSR count). The van der Waals surface area contributed by atoms with Gasteiger partial charge in [0.05, 0.1) is 0 Å². The molecule has 1 heterocycles. The lowest BCUT2D eigenvalue weighted by molar-refractivity contribution is 0.107. The fraction of sp³-hybridized carbons (Fsp3) is 0.444. The van der Waals surface area contributed by atoms with Gasteiger partial charge in [0.2, 0.25) is 5.28 Å². The Morgan fingerprint density at radius 3 is 2.64 bits per heavy atom. The molecule has 0 amide bonds. The van der Waals surface area contributed by atoms with Gasteiger partial charge in [0.1, 0.15) is 5.69 Å². The van der Waals surface area contributed by atoms with Gasteiger partial charge in [0.25, 0.3) is 5.24 Å². The summed E-state index contributed by atoms with van der Waals surface area (Å²) in [6, 6.07) is 1.63. The summed E-state index contributed by atoms with van der Waals surface area (Å²) in [7, 11) is 0. The van der Waals surface area contributed by atoms with E-state index < -0.39 is 5.24 Å². The molecule has 1 aliphatic carbocycles. The van der Waals surface area contributed by atoms with E-state index in [1.165, 1.54) is 6.42 Å². The van der Waals surface area contributed by atoms with Crippen LogP contribution < -0.4 is 0 Å². The van der Waals surface area contributed by atoms with E-state index in [0.717, 1.165) is 18.5 Å². The zero-order chi connectivity index (χ0) is 10.1. The van der Waals surface area contributed by atoms with Crippen molar-refractivity contribution in [2.24, 2.45) is 0 Å². The zero-order valence-electron chi connectivity index (χ0n) is 7.33. The van der Waals surface area contributed by atoms with E-state index in [2.05, 4.69) is 9.97 Å². The average Bonchev–Trinajstić information content (AvgIpc) is 1.99. The van der Waals surface area contributed by atoms with Gasteiger partial charge in [-0.2, -0.15) is 0 Å². The van der Waals surface area contributed by atoms with Gasteiger partial charge in [0.15, 0.2) is 0 Å². The minimum Gasteiger partial charge on any atom is -0.274 e. The van der Waals surface area contributed by atoms with Crippen LogP contribution in [0.25, 0.3) is 0 Å². The Morgan fingerprint density at radius 2 is 2.14 bits per heavy atom. The molecule has 0 atom stereocenters. The lowest BCUT2D eigenvalue weighted by Gasteiger charge is -2.24. The highest BCUT2D eigenvalue weighted by Crippen LogP contribution is 2.35. The Hall–Kier alpha value is -0.670. The number of rotatable bonds is 2. The summed E-state index contributed by atoms with van der Waals surface area (Å²) in [6.07, 6.45) is 3.41. The second-order valence-corrected chi connectivity index (χ2v) is 4.03. The molecule has 1 aromatic heterocycles. The Kier molecular flexibility index (Phi) is 2.70. The SMILES string of the molecule is O=C(Cl)c1cc(C2CCC2)nc(Cl)n1. The van der Waals surface area contributed by atoms with E-state index in [1.54, 1.807) is 6.07 Å². The monoisotopic (exact) mass is 230 g/mol. The lowest BCUT2D eigenvalue weighted by atomic mass is 9.83. The Morgan fingerprint density at radius 1 is 1.43 bits per heavy atom. The third kappa shape index (κ3) is 1.88. The molecular formula is C9H8Cl2N2O. The summed E-state index contributed by atoms with van der Waals surface area (Å²) in [4.78, 5) is 18.7. The summed E-state index contributed by atoms with van der Waals surface area (Å²) in [5.74, 6) is 0.422. The molecule has 0 unspecified atom stereocenters. The maximum atomic E-state index is 10.9. The number of hydrogen-bond donors (Lipinski definition) is 0. The summed E-state index contributed by atoms with van der Waals surface area (Å²) in [5, 5.41) is -0.492. The first-order valence-electron chi connectivity index (χ1n) is 4.41. The van der Waals surface area contributed by atoms with E-state index in [9.17, 15) is 4.79 Å². The van der Waals surface area contributed by atoms with Gasteiger partial charge in [-0.15, -0.1) is 0 Å². The van der Waals surface area contributed by atoms with Crippen molar-refractivity contribution in [2.75, 3.05) is 0 Å². The number of aromatic nitrogens is 2. The van der Waals surface area contributed by atoms with Crippen LogP contribution in [0.3, 0.4) is 0 Å². The molecule has 0 aliphatic heterocycles. The van der Waals surface area contributed by atoms with Crippen molar-refractivity contribution in [1.29, 1.82) is 0 Å². The molecule has 0 spiro atoms. The van der Waals surface area contributed by atoms with E-state index >= 15 is 0 Å². The van der Waals surface area contributed by atoms with E-state index in [0.29, 0.717) is 5.92 Å². The highest BCUT2D eigenvalue weighted by Gasteiger charge is 2.22. The van der Waals surface area contributed by atoms with Crippen LogP contribution in [0.5, 0.6) is 0 Å². The molecule has 1 aromatic rings. The van der Waals surface area contributed by atoms with Gasteiger partial charge in [0, 0.05) is 11.6 Å². The molecule has 0 saturated heterocycles. The van der Waals surface area contributed by atoms with Gasteiger partial charge < -0.3 is 0 Å². The second kappa shape index (κ2) is 3.83. The predicted octanol–water partition coefficient (Wildman–Crippen LogP) is 2.78. The maximum Gasteiger partial charge on any atom is 0.271 e. The van der Waals surface area contributed by atoms with Crippen molar-refractivity contribution in [2.45, 2.75) is 25.2 Å². The van der Waals surface area contributed by atoms with Crippen molar-refractivity contribution in [3.05, 3.63) is 22.7 Å². The first-order chi connectivity index (χ1) is 6.66. The first-order valence-corrected chi connectivity index (χ1v) is 5.16. The molecular weight excluding hydrogens is 223 g/mol. The highest BCUT2D eigenvalue weighted by atomic mass is 35.5. The van der Waals surface area contributed by atoms with E-state index in [4.69, 9.17) is 23.2 Å². The summed E-state index contributed by atoms with van der Waals surface area (Å²) in [5.41, 5.74) is 1.02. The van der Waals surface area contributed by atoms with Crippen molar-refractivity contribution in [3.8, 4) is 0 Å². The van der Waals surface area contributed by atoms with Crippen LogP contribution in [-0.2, 0) is 0 Å². The minimum absolute atomic E-state index is 0.0957. The van der Waals surface area contributed by atoms with Gasteiger partial charge in [-0.1, -0.05) is 6.42 Å². The van der Waals surface area contributed by atoms with Gasteiger partial charge >= 0.3 is 0 Å². The third-order valence-electron chi connectivity index (χ3n) is 2.44. The van der Waals surface area contributed by atoms with Crippen molar-refractivity contribution in [1.82, 2.24) is 9.97 Å². The van der Waals surface area contributed by atoms with Crippen LogP contribution in [0.2, 0.25) is 5.28 Å². The number of halogens is 2. The van der Waals surface area contributed by atoms with Crippen LogP contribution in [-0.4, -0.2) is 15.2 Å². The van der Waals surface area contributed by atoms with E-state index in [1.807, 2.05) is 0 Å². The van der Waals surface area contributed by atoms with Crippen LogP contribution in [0.15, 0.2) is 6.07 Å². The molecule has 0 aromatic carbocycles. The topological polar surface area (TPSA) is 42.9 Å². The molecule has 0 bridgehead atoms. The van der Waals surface area contributed by atoms with E-state index in [-0.39, 0.29) is 11.0 Å². The molecule has 1 saturated carbocycles. The first kappa shape index (κ1) is 9.87. The average molecular weight is 231 g/mol. The van der Waals surface area contributed by atoms with Crippen molar-refractivity contribution < 1.29 is 4.79 Å². The Balaban J connectivity index is 2.35. The van der Waals surface area contributed by atoms with Crippen LogP contribution in [0.4, 0.5) is 0 Å². The Labute approximate surface area is 91.5 Å². The molecule has 0 radical (unpaired) electrons. The number of nitrogens with zero attached hydrogens (tertiary/aromatic N) is 2. The smallest absolute Gasteiger partial charge is 0.271 e. The maximum absolute atomic E-state index is 10.9. The van der Waals surface area contributed by atoms with Gasteiger partial charge in [-0.05, 0) is 42.1 Å². The third-order valence-corrected chi connectivity index (χ3v) is 2.81. The zero-order valence-corrected chi connectivity index (χ0v) is 8.85. The number of carbonyl (C=O) groups excluding carboxylic acids is 1. The predicted molar refractivity (Wildman–Crippen MR) is 53.8 cm³/mol. The largest absolute Gasteiger partial charge is 0.274 e. The number of hydrogen-bond acceptors (Lipinski definition) is 3. The quantitative estimate of drug-likeness (QED) is 0.580. The fourth-order valence-corrected chi connectivity index (χ4v) is 1.73. The van der Waals surface area contributed by atoms with Crippen molar-refractivity contribution >= 4 is 28.4 Å². The van der Waals surface area contributed by atoms with Gasteiger partial charge in [-0.25, -0.2) is 9.97 Å². The number of carbonyl (C=O) groups is 1. The molecule has 1 fully saturated rings. The summed E-state index contributed by atoms with van der Waals surface area (Å²) >= 11 is 11.0. The summed E-state index contributed by atoms with van der Waals surface area (Å²) < 4.78 is 0. The van der Waals surface area contributed by atoms with Crippen LogP contribution >= 0.6 is 23.2 Å². The molecule has 5 heteroatoms. The summed E-state index contributed by atoms with van der Waals surface area (Å²) in [6.45, 7) is 0. The van der Waals surface area contributed by atoms with Crippen LogP contribution in [0.1, 0.15) is 41.4 Å². The molecule has 14 heavy (non-hydrogen) atoms. The minimum atomic E-state index is -0.588. The fourth-order valence-electron chi connectivity index (χ4n) is 1.45. The molecule has 3 nitrogen and oxygen atoms in total. The Bertz CT molecular complexity index is 377. The molecule has 74 valence electrons. The highest BCUT2D eigenvalue weighted by molar-refractivity contribution is 6.67. The molecule has 1 aliphatic rings.